The van der Waals surface area contributed by atoms with Crippen molar-refractivity contribution in [3.63, 3.8) is 0 Å². The monoisotopic (exact) mass is 445 g/mol. The van der Waals surface area contributed by atoms with Gasteiger partial charge in [-0.1, -0.05) is 0 Å². The second-order valence-electron chi connectivity index (χ2n) is 7.65. The third-order valence-corrected chi connectivity index (χ3v) is 4.84. The molecule has 11 heteroatoms. The molecule has 0 aromatic carbocycles. The first-order valence-corrected chi connectivity index (χ1v) is 10.2. The fourth-order valence-electron chi connectivity index (χ4n) is 3.33. The van der Waals surface area contributed by atoms with Crippen LogP contribution in [-0.4, -0.2) is 92.3 Å². The molecule has 0 aromatic heterocycles. The van der Waals surface area contributed by atoms with Crippen LogP contribution in [0, 0.1) is 0 Å². The Bertz CT molecular complexity index is 664. The van der Waals surface area contributed by atoms with Crippen LogP contribution in [0.15, 0.2) is 0 Å². The average molecular weight is 445 g/mol. The molecule has 1 saturated heterocycles. The maximum absolute atomic E-state index is 11.8. The average Bonchev–Trinajstić information content (AvgIpc) is 3.48. The largest absolute Gasteiger partial charge is 0.463 e. The van der Waals surface area contributed by atoms with E-state index < -0.39 is 54.6 Å². The van der Waals surface area contributed by atoms with Gasteiger partial charge in [0.15, 0.2) is 24.6 Å². The van der Waals surface area contributed by atoms with Crippen molar-refractivity contribution in [1.29, 1.82) is 0 Å². The Morgan fingerprint density at radius 3 is 1.90 bits per heavy atom. The second kappa shape index (κ2) is 11.4. The molecule has 1 saturated carbocycles. The summed E-state index contributed by atoms with van der Waals surface area (Å²) in [4.78, 5) is 48.6. The van der Waals surface area contributed by atoms with Gasteiger partial charge in [-0.3, -0.25) is 19.2 Å². The van der Waals surface area contributed by atoms with Gasteiger partial charge >= 0.3 is 23.9 Å². The molecular formula is C20H31NO10. The van der Waals surface area contributed by atoms with Crippen molar-refractivity contribution in [2.75, 3.05) is 26.8 Å². The molecule has 31 heavy (non-hydrogen) atoms. The number of nitrogens with zero attached hydrogens (tertiary/aromatic N) is 1. The molecule has 2 fully saturated rings. The van der Waals surface area contributed by atoms with E-state index in [1.165, 1.54) is 27.7 Å². The topological polar surface area (TPSA) is 127 Å². The Balaban J connectivity index is 2.23. The van der Waals surface area contributed by atoms with Crippen LogP contribution in [0.5, 0.6) is 0 Å². The fraction of sp³-hybridized carbons (Fsp3) is 0.800. The van der Waals surface area contributed by atoms with Gasteiger partial charge in [-0.2, -0.15) is 0 Å². The number of esters is 4. The molecule has 0 amide bonds. The standard InChI is InChI=1S/C20H31NO10/c1-11(22)27-10-16-17(28-12(2)23)18(29-13(3)24)19(30-14(4)25)20(31-16)26-9-8-21(5)15-6-7-15/h15-20H,6-10H2,1-5H3/t16-,17-,18+,19-,20?/m1/s1. The quantitative estimate of drug-likeness (QED) is 0.337. The lowest BCUT2D eigenvalue weighted by molar-refractivity contribution is -0.308. The molecule has 1 aliphatic carbocycles. The highest BCUT2D eigenvalue weighted by molar-refractivity contribution is 5.68. The van der Waals surface area contributed by atoms with Crippen molar-refractivity contribution in [3.05, 3.63) is 0 Å². The van der Waals surface area contributed by atoms with E-state index in [0.29, 0.717) is 12.6 Å². The van der Waals surface area contributed by atoms with Gasteiger partial charge < -0.3 is 33.3 Å². The zero-order valence-corrected chi connectivity index (χ0v) is 18.5. The molecule has 2 rings (SSSR count). The van der Waals surface area contributed by atoms with E-state index in [1.54, 1.807) is 0 Å². The van der Waals surface area contributed by atoms with Gasteiger partial charge in [0.2, 0.25) is 0 Å². The van der Waals surface area contributed by atoms with E-state index in [-0.39, 0.29) is 13.2 Å². The zero-order valence-electron chi connectivity index (χ0n) is 18.5. The van der Waals surface area contributed by atoms with Crippen LogP contribution in [0.1, 0.15) is 40.5 Å². The van der Waals surface area contributed by atoms with Crippen LogP contribution in [-0.2, 0) is 47.6 Å². The summed E-state index contributed by atoms with van der Waals surface area (Å²) in [5.41, 5.74) is 0. The minimum absolute atomic E-state index is 0.251. The third kappa shape index (κ3) is 8.08. The van der Waals surface area contributed by atoms with Gasteiger partial charge in [-0.15, -0.1) is 0 Å². The summed E-state index contributed by atoms with van der Waals surface area (Å²) in [6.07, 6.45) is -3.45. The normalized spacial score (nSPS) is 28.0. The first kappa shape index (κ1) is 25.0. The SMILES string of the molecule is CC(=O)OC[C@H]1OC(OCCN(C)C2CC2)[C@H](OC(C)=O)[C@@H](OC(C)=O)[C@@H]1OC(C)=O. The summed E-state index contributed by atoms with van der Waals surface area (Å²) in [5.74, 6) is -2.58. The van der Waals surface area contributed by atoms with Crippen molar-refractivity contribution in [1.82, 2.24) is 4.90 Å². The molecule has 176 valence electrons. The van der Waals surface area contributed by atoms with E-state index in [4.69, 9.17) is 28.4 Å². The summed E-state index contributed by atoms with van der Waals surface area (Å²) < 4.78 is 32.7. The number of ether oxygens (including phenoxy) is 6. The van der Waals surface area contributed by atoms with Crippen molar-refractivity contribution < 1.29 is 47.6 Å². The lowest BCUT2D eigenvalue weighted by atomic mass is 9.98. The van der Waals surface area contributed by atoms with Crippen LogP contribution >= 0.6 is 0 Å². The maximum atomic E-state index is 11.8. The molecular weight excluding hydrogens is 414 g/mol. The van der Waals surface area contributed by atoms with E-state index in [0.717, 1.165) is 12.8 Å². The number of hydrogen-bond acceptors (Lipinski definition) is 11. The minimum atomic E-state index is -1.22. The lowest BCUT2D eigenvalue weighted by Gasteiger charge is -2.44. The van der Waals surface area contributed by atoms with Crippen molar-refractivity contribution >= 4 is 23.9 Å². The third-order valence-electron chi connectivity index (χ3n) is 4.84. The highest BCUT2D eigenvalue weighted by Gasteiger charge is 2.52. The second-order valence-corrected chi connectivity index (χ2v) is 7.65. The number of hydrogen-bond donors (Lipinski definition) is 0. The number of carbonyl (C=O) groups is 4. The van der Waals surface area contributed by atoms with Crippen LogP contribution < -0.4 is 0 Å². The van der Waals surface area contributed by atoms with Crippen molar-refractivity contribution in [2.45, 2.75) is 77.3 Å². The number of rotatable bonds is 10. The van der Waals surface area contributed by atoms with Crippen LogP contribution in [0.3, 0.4) is 0 Å². The Morgan fingerprint density at radius 2 is 1.39 bits per heavy atom. The molecule has 1 unspecified atom stereocenters. The smallest absolute Gasteiger partial charge is 0.303 e. The van der Waals surface area contributed by atoms with Crippen LogP contribution in [0.2, 0.25) is 0 Å². The number of carbonyl (C=O) groups excluding carboxylic acids is 4. The van der Waals surface area contributed by atoms with Gasteiger partial charge in [0, 0.05) is 40.3 Å². The summed E-state index contributed by atoms with van der Waals surface area (Å²) in [5, 5.41) is 0. The molecule has 0 radical (unpaired) electrons. The molecule has 0 N–H and O–H groups in total. The van der Waals surface area contributed by atoms with Crippen molar-refractivity contribution in [3.8, 4) is 0 Å². The lowest BCUT2D eigenvalue weighted by Crippen LogP contribution is -2.63. The Hall–Kier alpha value is -2.24. The highest BCUT2D eigenvalue weighted by Crippen LogP contribution is 2.30. The van der Waals surface area contributed by atoms with Crippen molar-refractivity contribution in [2.24, 2.45) is 0 Å². The van der Waals surface area contributed by atoms with E-state index in [2.05, 4.69) is 4.90 Å². The number of likely N-dealkylation sites (N-methyl/N-ethyl adjacent to an activating group) is 1. The van der Waals surface area contributed by atoms with Gasteiger partial charge in [0.25, 0.3) is 0 Å². The van der Waals surface area contributed by atoms with Gasteiger partial charge in [0.1, 0.15) is 12.7 Å². The summed E-state index contributed by atoms with van der Waals surface area (Å²) in [6, 6.07) is 0.527. The molecule has 11 nitrogen and oxygen atoms in total. The summed E-state index contributed by atoms with van der Waals surface area (Å²) >= 11 is 0. The van der Waals surface area contributed by atoms with Crippen LogP contribution in [0.25, 0.3) is 0 Å². The zero-order chi connectivity index (χ0) is 23.1. The van der Waals surface area contributed by atoms with E-state index >= 15 is 0 Å². The first-order chi connectivity index (χ1) is 14.6. The maximum Gasteiger partial charge on any atom is 0.303 e. The molecule has 5 atom stereocenters. The van der Waals surface area contributed by atoms with Crippen LogP contribution in [0.4, 0.5) is 0 Å². The Labute approximate surface area is 181 Å². The minimum Gasteiger partial charge on any atom is -0.463 e. The van der Waals surface area contributed by atoms with E-state index in [1.807, 2.05) is 7.05 Å². The highest BCUT2D eigenvalue weighted by atomic mass is 16.7. The Morgan fingerprint density at radius 1 is 0.839 bits per heavy atom. The molecule has 0 aromatic rings. The molecule has 1 aliphatic heterocycles. The molecule has 0 bridgehead atoms. The van der Waals surface area contributed by atoms with Gasteiger partial charge in [0.05, 0.1) is 6.61 Å². The first-order valence-electron chi connectivity index (χ1n) is 10.2. The summed E-state index contributed by atoms with van der Waals surface area (Å²) in [6.45, 7) is 5.33. The van der Waals surface area contributed by atoms with Gasteiger partial charge in [-0.25, -0.2) is 0 Å². The Kier molecular flexibility index (Phi) is 9.20. The molecule has 2 aliphatic rings. The molecule has 0 spiro atoms. The predicted molar refractivity (Wildman–Crippen MR) is 104 cm³/mol. The summed E-state index contributed by atoms with van der Waals surface area (Å²) in [7, 11) is 1.98. The van der Waals surface area contributed by atoms with Gasteiger partial charge in [-0.05, 0) is 19.9 Å². The van der Waals surface area contributed by atoms with E-state index in [9.17, 15) is 19.2 Å². The predicted octanol–water partition coefficient (Wildman–Crippen LogP) is 0.180. The molecule has 1 heterocycles. The fourth-order valence-corrected chi connectivity index (χ4v) is 3.33.